The van der Waals surface area contributed by atoms with Gasteiger partial charge in [0.05, 0.1) is 5.92 Å². The van der Waals surface area contributed by atoms with Crippen LogP contribution in [0.1, 0.15) is 68.2 Å². The second-order valence-corrected chi connectivity index (χ2v) is 2.75. The quantitative estimate of drug-likeness (QED) is 0.728. The fourth-order valence-electron chi connectivity index (χ4n) is 0.919. The number of ketones is 1. The lowest BCUT2D eigenvalue weighted by Crippen LogP contribution is -2.15. The summed E-state index contributed by atoms with van der Waals surface area (Å²) < 4.78 is 0. The topological polar surface area (TPSA) is 54.4 Å². The summed E-state index contributed by atoms with van der Waals surface area (Å²) in [4.78, 5) is 21.2. The second kappa shape index (κ2) is 24.9. The monoisotopic (exact) mass is 260 g/mol. The molecule has 0 saturated carbocycles. The molecule has 0 saturated heterocycles. The summed E-state index contributed by atoms with van der Waals surface area (Å²) in [6.07, 6.45) is 4.11. The summed E-state index contributed by atoms with van der Waals surface area (Å²) in [7, 11) is 0. The number of Topliss-reactive ketones (excluding diaryl/α,β-unsaturated/α-hetero) is 1. The lowest BCUT2D eigenvalue weighted by atomic mass is 9.99. The van der Waals surface area contributed by atoms with Gasteiger partial charge in [0.2, 0.25) is 0 Å². The Morgan fingerprint density at radius 3 is 1.67 bits per heavy atom. The molecule has 0 spiro atoms. The Bertz CT molecular complexity index is 196. The molecule has 0 fully saturated rings. The van der Waals surface area contributed by atoms with Crippen molar-refractivity contribution in [2.24, 2.45) is 5.92 Å². The summed E-state index contributed by atoms with van der Waals surface area (Å²) in [5, 5.41) is 8.66. The summed E-state index contributed by atoms with van der Waals surface area (Å²) in [5.41, 5.74) is 0. The average molecular weight is 260 g/mol. The molecule has 3 nitrogen and oxygen atoms in total. The molecule has 3 heteroatoms. The van der Waals surface area contributed by atoms with Gasteiger partial charge in [0.25, 0.3) is 0 Å². The summed E-state index contributed by atoms with van der Waals surface area (Å²) in [6.45, 7) is 15.2. The van der Waals surface area contributed by atoms with Crippen molar-refractivity contribution in [1.82, 2.24) is 0 Å². The number of carbonyl (C=O) groups excluding carboxylic acids is 1. The van der Waals surface area contributed by atoms with Crippen LogP contribution >= 0.6 is 0 Å². The molecule has 0 aliphatic rings. The maximum Gasteiger partial charge on any atom is 0.307 e. The van der Waals surface area contributed by atoms with Crippen molar-refractivity contribution < 1.29 is 14.7 Å². The van der Waals surface area contributed by atoms with Gasteiger partial charge in [-0.2, -0.15) is 0 Å². The van der Waals surface area contributed by atoms with Crippen LogP contribution < -0.4 is 0 Å². The molecule has 1 atom stereocenters. The first-order valence-electron chi connectivity index (χ1n) is 6.91. The number of allylic oxidation sites excluding steroid dienone is 2. The van der Waals surface area contributed by atoms with E-state index in [1.807, 2.05) is 48.5 Å². The highest BCUT2D eigenvalue weighted by Crippen LogP contribution is 2.10. The maximum atomic E-state index is 10.6. The molecule has 0 aromatic carbocycles. The number of carbonyl (C=O) groups is 2. The van der Waals surface area contributed by atoms with E-state index in [9.17, 15) is 9.59 Å². The Balaban J connectivity index is -0.000000141. The minimum Gasteiger partial charge on any atom is -0.481 e. The zero-order valence-corrected chi connectivity index (χ0v) is 13.4. The van der Waals surface area contributed by atoms with Crippen LogP contribution in [-0.4, -0.2) is 16.9 Å². The van der Waals surface area contributed by atoms with E-state index in [2.05, 4.69) is 0 Å². The minimum atomic E-state index is -0.900. The van der Waals surface area contributed by atoms with Crippen molar-refractivity contribution in [3.8, 4) is 0 Å². The number of carboxylic acids is 1. The third-order valence-corrected chi connectivity index (χ3v) is 1.54. The lowest BCUT2D eigenvalue weighted by molar-refractivity contribution is -0.143. The number of hydrogen-bond acceptors (Lipinski definition) is 2. The zero-order valence-electron chi connectivity index (χ0n) is 13.4. The van der Waals surface area contributed by atoms with E-state index in [-0.39, 0.29) is 12.2 Å². The molecule has 0 radical (unpaired) electrons. The average Bonchev–Trinajstić information content (AvgIpc) is 2.41. The number of carboxylic acid groups (broad SMARTS) is 1. The Labute approximate surface area is 113 Å². The predicted octanol–water partition coefficient (Wildman–Crippen LogP) is 4.71. The van der Waals surface area contributed by atoms with Gasteiger partial charge in [-0.1, -0.05) is 53.7 Å². The summed E-state index contributed by atoms with van der Waals surface area (Å²) >= 11 is 0. The molecule has 0 rings (SSSR count). The molecule has 0 aromatic heterocycles. The van der Waals surface area contributed by atoms with Gasteiger partial charge >= 0.3 is 5.97 Å². The van der Waals surface area contributed by atoms with E-state index in [1.54, 1.807) is 12.2 Å². The molecular weight excluding hydrogens is 228 g/mol. The number of aliphatic carboxylic acids is 1. The molecule has 0 heterocycles. The SMILES string of the molecule is C/C=C/CC(CC(C)=O)C(=O)O.CC.CC.CC. The number of rotatable bonds is 5. The van der Waals surface area contributed by atoms with E-state index < -0.39 is 11.9 Å². The number of hydrogen-bond donors (Lipinski definition) is 1. The van der Waals surface area contributed by atoms with E-state index in [4.69, 9.17) is 5.11 Å². The molecule has 18 heavy (non-hydrogen) atoms. The van der Waals surface area contributed by atoms with Crippen molar-refractivity contribution in [2.75, 3.05) is 0 Å². The van der Waals surface area contributed by atoms with Crippen molar-refractivity contribution in [3.05, 3.63) is 12.2 Å². The lowest BCUT2D eigenvalue weighted by Gasteiger charge is -2.06. The molecule has 0 aromatic rings. The highest BCUT2D eigenvalue weighted by molar-refractivity contribution is 5.82. The van der Waals surface area contributed by atoms with Gasteiger partial charge in [-0.25, -0.2) is 0 Å². The van der Waals surface area contributed by atoms with Crippen LogP contribution in [0.3, 0.4) is 0 Å². The van der Waals surface area contributed by atoms with Gasteiger partial charge in [-0.15, -0.1) is 0 Å². The van der Waals surface area contributed by atoms with Crippen LogP contribution in [0.5, 0.6) is 0 Å². The van der Waals surface area contributed by atoms with Crippen molar-refractivity contribution in [2.45, 2.75) is 68.2 Å². The smallest absolute Gasteiger partial charge is 0.307 e. The van der Waals surface area contributed by atoms with Crippen LogP contribution in [-0.2, 0) is 9.59 Å². The van der Waals surface area contributed by atoms with E-state index >= 15 is 0 Å². The Morgan fingerprint density at radius 2 is 1.44 bits per heavy atom. The Morgan fingerprint density at radius 1 is 1.06 bits per heavy atom. The Kier molecular flexibility index (Phi) is 35.5. The molecule has 1 N–H and O–H groups in total. The highest BCUT2D eigenvalue weighted by Gasteiger charge is 2.17. The van der Waals surface area contributed by atoms with Gasteiger partial charge in [0.15, 0.2) is 0 Å². The predicted molar refractivity (Wildman–Crippen MR) is 79.9 cm³/mol. The molecule has 0 aliphatic carbocycles. The van der Waals surface area contributed by atoms with Crippen LogP contribution in [0.15, 0.2) is 12.2 Å². The molecule has 110 valence electrons. The Hall–Kier alpha value is -1.12. The molecule has 0 bridgehead atoms. The van der Waals surface area contributed by atoms with E-state index in [0.717, 1.165) is 0 Å². The first kappa shape index (κ1) is 25.7. The standard InChI is InChI=1S/C9H14O3.3C2H6/c1-3-4-5-8(9(11)12)6-7(2)10;3*1-2/h3-4,8H,5-6H2,1-2H3,(H,11,12);3*1-2H3/b4-3+;;;. The van der Waals surface area contributed by atoms with Crippen LogP contribution in [0.25, 0.3) is 0 Å². The van der Waals surface area contributed by atoms with Crippen molar-refractivity contribution >= 4 is 11.8 Å². The van der Waals surface area contributed by atoms with Gasteiger partial charge < -0.3 is 9.90 Å². The molecule has 0 amide bonds. The van der Waals surface area contributed by atoms with E-state index in [1.165, 1.54) is 6.92 Å². The normalized spacial score (nSPS) is 9.78. The van der Waals surface area contributed by atoms with Crippen molar-refractivity contribution in [3.63, 3.8) is 0 Å². The first-order chi connectivity index (χ1) is 8.57. The van der Waals surface area contributed by atoms with Crippen LogP contribution in [0.2, 0.25) is 0 Å². The van der Waals surface area contributed by atoms with Crippen LogP contribution in [0, 0.1) is 5.92 Å². The van der Waals surface area contributed by atoms with E-state index in [0.29, 0.717) is 6.42 Å². The summed E-state index contributed by atoms with van der Waals surface area (Å²) in [5.74, 6) is -1.53. The van der Waals surface area contributed by atoms with Gasteiger partial charge in [0, 0.05) is 6.42 Å². The molecular formula is C15H32O3. The fraction of sp³-hybridized carbons (Fsp3) is 0.733. The van der Waals surface area contributed by atoms with Gasteiger partial charge in [-0.05, 0) is 20.3 Å². The first-order valence-corrected chi connectivity index (χ1v) is 6.91. The second-order valence-electron chi connectivity index (χ2n) is 2.75. The minimum absolute atomic E-state index is 0.0769. The largest absolute Gasteiger partial charge is 0.481 e. The van der Waals surface area contributed by atoms with Gasteiger partial charge in [-0.3, -0.25) is 4.79 Å². The van der Waals surface area contributed by atoms with Crippen LogP contribution in [0.4, 0.5) is 0 Å². The van der Waals surface area contributed by atoms with Gasteiger partial charge in [0.1, 0.15) is 5.78 Å². The third-order valence-electron chi connectivity index (χ3n) is 1.54. The summed E-state index contributed by atoms with van der Waals surface area (Å²) in [6, 6.07) is 0. The maximum absolute atomic E-state index is 10.6. The molecule has 1 unspecified atom stereocenters. The zero-order chi connectivity index (χ0) is 15.6. The third kappa shape index (κ3) is 24.2. The van der Waals surface area contributed by atoms with Crippen molar-refractivity contribution in [1.29, 1.82) is 0 Å². The molecule has 0 aliphatic heterocycles. The fourth-order valence-corrected chi connectivity index (χ4v) is 0.919. The highest BCUT2D eigenvalue weighted by atomic mass is 16.4.